The van der Waals surface area contributed by atoms with Crippen molar-refractivity contribution in [1.29, 1.82) is 0 Å². The summed E-state index contributed by atoms with van der Waals surface area (Å²) in [6, 6.07) is 0. The van der Waals surface area contributed by atoms with Gasteiger partial charge in [0.1, 0.15) is 0 Å². The monoisotopic (exact) mass is 184 g/mol. The van der Waals surface area contributed by atoms with Crippen molar-refractivity contribution in [1.82, 2.24) is 0 Å². The second-order valence-corrected chi connectivity index (χ2v) is 6.16. The van der Waals surface area contributed by atoms with Gasteiger partial charge in [-0.25, -0.2) is 0 Å². The average Bonchev–Trinajstić information content (AvgIpc) is 1.86. The van der Waals surface area contributed by atoms with Gasteiger partial charge in [-0.2, -0.15) is 0 Å². The van der Waals surface area contributed by atoms with Gasteiger partial charge < -0.3 is 0 Å². The standard InChI is InChI=1S/C4H7N.In/c1-2-3-4-5;/h1-2,4H,3,5H2;. The van der Waals surface area contributed by atoms with Crippen LogP contribution in [0, 0.1) is 0 Å². The van der Waals surface area contributed by atoms with Crippen LogP contribution in [0.15, 0.2) is 9.91 Å². The fourth-order valence-corrected chi connectivity index (χ4v) is 3.14. The van der Waals surface area contributed by atoms with Gasteiger partial charge in [0.25, 0.3) is 0 Å². The summed E-state index contributed by atoms with van der Waals surface area (Å²) in [4.78, 5) is 0. The van der Waals surface area contributed by atoms with Crippen molar-refractivity contribution in [2.75, 3.05) is 0 Å². The maximum atomic E-state index is 5.56. The van der Waals surface area contributed by atoms with Gasteiger partial charge in [0.05, 0.1) is 0 Å². The number of nitrogens with two attached hydrogens (primary N) is 1. The molecule has 1 atom stereocenters. The van der Waals surface area contributed by atoms with E-state index >= 15 is 0 Å². The molecule has 0 fully saturated rings. The SMILES string of the molecule is N[CH]1CC=[CH][In]1. The van der Waals surface area contributed by atoms with Crippen LogP contribution < -0.4 is 5.73 Å². The third kappa shape index (κ3) is 1.02. The van der Waals surface area contributed by atoms with Gasteiger partial charge in [0.2, 0.25) is 0 Å². The zero-order valence-corrected chi connectivity index (χ0v) is 6.89. The van der Waals surface area contributed by atoms with Crippen molar-refractivity contribution >= 4 is 22.9 Å². The van der Waals surface area contributed by atoms with E-state index in [-0.39, 0.29) is 22.9 Å². The molecule has 1 radical (unpaired) electrons. The molecule has 1 heterocycles. The first kappa shape index (κ1) is 4.72. The quantitative estimate of drug-likeness (QED) is 0.558. The topological polar surface area (TPSA) is 26.0 Å². The van der Waals surface area contributed by atoms with Crippen molar-refractivity contribution in [3.8, 4) is 0 Å². The first-order valence-corrected chi connectivity index (χ1v) is 5.96. The Morgan fingerprint density at radius 1 is 1.83 bits per heavy atom. The molecule has 0 spiro atoms. The Morgan fingerprint density at radius 2 is 2.67 bits per heavy atom. The molecule has 1 unspecified atom stereocenters. The summed E-state index contributed by atoms with van der Waals surface area (Å²) < 4.78 is 2.94. The predicted molar refractivity (Wildman–Crippen MR) is 27.5 cm³/mol. The van der Waals surface area contributed by atoms with Gasteiger partial charge in [-0.3, -0.25) is 0 Å². The van der Waals surface area contributed by atoms with Crippen molar-refractivity contribution in [3.63, 3.8) is 0 Å². The Labute approximate surface area is 49.0 Å². The number of rotatable bonds is 0. The van der Waals surface area contributed by atoms with Gasteiger partial charge >= 0.3 is 48.8 Å². The summed E-state index contributed by atoms with van der Waals surface area (Å²) in [5.41, 5.74) is 5.56. The van der Waals surface area contributed by atoms with Crippen LogP contribution in [0.25, 0.3) is 0 Å². The molecule has 0 bridgehead atoms. The summed E-state index contributed by atoms with van der Waals surface area (Å²) in [5.74, 6) is 0. The molecule has 0 aromatic heterocycles. The first-order valence-electron chi connectivity index (χ1n) is 2.15. The van der Waals surface area contributed by atoms with Crippen LogP contribution in [-0.2, 0) is 0 Å². The molecule has 0 amide bonds. The summed E-state index contributed by atoms with van der Waals surface area (Å²) in [5, 5.41) is 0. The predicted octanol–water partition coefficient (Wildman–Crippen LogP) is -0.107. The van der Waals surface area contributed by atoms with E-state index < -0.39 is 0 Å². The third-order valence-corrected chi connectivity index (χ3v) is 4.50. The molecule has 0 saturated carbocycles. The van der Waals surface area contributed by atoms with E-state index in [4.69, 9.17) is 5.73 Å². The van der Waals surface area contributed by atoms with E-state index in [1.807, 2.05) is 0 Å². The normalized spacial score (nSPS) is 30.5. The van der Waals surface area contributed by atoms with Crippen LogP contribution in [0.1, 0.15) is 6.42 Å². The number of hydrogen-bond acceptors (Lipinski definition) is 1. The third-order valence-electron chi connectivity index (χ3n) is 0.903. The molecule has 6 heavy (non-hydrogen) atoms. The second-order valence-electron chi connectivity index (χ2n) is 1.52. The molecule has 0 aromatic rings. The first-order chi connectivity index (χ1) is 2.89. The second kappa shape index (κ2) is 2.03. The summed E-state index contributed by atoms with van der Waals surface area (Å²) in [7, 11) is 0. The maximum absolute atomic E-state index is 5.56. The Bertz CT molecular complexity index is 61.9. The van der Waals surface area contributed by atoms with Crippen molar-refractivity contribution in [2.45, 2.75) is 10.2 Å². The van der Waals surface area contributed by atoms with Crippen LogP contribution in [0.4, 0.5) is 0 Å². The van der Waals surface area contributed by atoms with E-state index in [0.29, 0.717) is 3.80 Å². The van der Waals surface area contributed by atoms with Crippen LogP contribution in [0.2, 0.25) is 0 Å². The Hall–Kier alpha value is 0.570. The molecule has 2 heteroatoms. The van der Waals surface area contributed by atoms with Crippen LogP contribution >= 0.6 is 0 Å². The Morgan fingerprint density at radius 3 is 2.83 bits per heavy atom. The molecule has 31 valence electrons. The molecule has 0 saturated heterocycles. The fraction of sp³-hybridized carbons (Fsp3) is 0.500. The molecular weight excluding hydrogens is 177 g/mol. The fourth-order valence-electron chi connectivity index (χ4n) is 0.536. The van der Waals surface area contributed by atoms with Gasteiger partial charge in [-0.05, 0) is 0 Å². The minimum absolute atomic E-state index is 0.310. The molecular formula is C4H7InN. The van der Waals surface area contributed by atoms with Gasteiger partial charge in [0, 0.05) is 0 Å². The van der Waals surface area contributed by atoms with Crippen molar-refractivity contribution < 1.29 is 0 Å². The van der Waals surface area contributed by atoms with Gasteiger partial charge in [0.15, 0.2) is 0 Å². The van der Waals surface area contributed by atoms with Crippen molar-refractivity contribution in [3.05, 3.63) is 9.91 Å². The molecule has 2 N–H and O–H groups in total. The average molecular weight is 184 g/mol. The minimum atomic E-state index is -0.310. The molecule has 1 rings (SSSR count). The van der Waals surface area contributed by atoms with E-state index in [2.05, 4.69) is 9.91 Å². The van der Waals surface area contributed by atoms with E-state index in [1.165, 1.54) is 6.42 Å². The summed E-state index contributed by atoms with van der Waals surface area (Å²) in [6.07, 6.45) is 3.38. The molecule has 1 aliphatic heterocycles. The zero-order valence-electron chi connectivity index (χ0n) is 3.59. The zero-order chi connectivity index (χ0) is 4.41. The van der Waals surface area contributed by atoms with Gasteiger partial charge in [-0.1, -0.05) is 0 Å². The summed E-state index contributed by atoms with van der Waals surface area (Å²) >= 11 is -0.310. The van der Waals surface area contributed by atoms with Crippen LogP contribution in [0.3, 0.4) is 0 Å². The van der Waals surface area contributed by atoms with Gasteiger partial charge in [-0.15, -0.1) is 0 Å². The Balaban J connectivity index is 2.32. The van der Waals surface area contributed by atoms with Crippen LogP contribution in [0.5, 0.6) is 0 Å². The molecule has 0 aliphatic carbocycles. The summed E-state index contributed by atoms with van der Waals surface area (Å²) in [6.45, 7) is 0. The van der Waals surface area contributed by atoms with E-state index in [9.17, 15) is 0 Å². The molecule has 1 nitrogen and oxygen atoms in total. The Kier molecular flexibility index (Phi) is 1.60. The van der Waals surface area contributed by atoms with Crippen molar-refractivity contribution in [2.24, 2.45) is 5.73 Å². The van der Waals surface area contributed by atoms with E-state index in [1.54, 1.807) is 0 Å². The molecule has 1 aliphatic rings. The number of hydrogen-bond donors (Lipinski definition) is 1. The molecule has 0 aromatic carbocycles. The van der Waals surface area contributed by atoms with Crippen LogP contribution in [-0.4, -0.2) is 26.7 Å². The van der Waals surface area contributed by atoms with E-state index in [0.717, 1.165) is 0 Å².